The van der Waals surface area contributed by atoms with Gasteiger partial charge in [0, 0.05) is 43.8 Å². The minimum Gasteiger partial charge on any atom is -0.337 e. The number of aromatic nitrogens is 7. The standard InChI is InChI=1S/C19H26N8/c1-24-10-7-21-17(24)12-25-8-4-15(5-9-25)19-23-22-18(27(19)16-2-3-16)13-26-11-6-20-14-26/h6-7,10-11,14-16H,2-5,8-9,12-13H2,1H3. The predicted octanol–water partition coefficient (Wildman–Crippen LogP) is 1.97. The molecule has 5 rings (SSSR count). The van der Waals surface area contributed by atoms with Crippen molar-refractivity contribution in [2.75, 3.05) is 13.1 Å². The molecule has 0 bridgehead atoms. The fourth-order valence-electron chi connectivity index (χ4n) is 4.10. The molecule has 1 aliphatic carbocycles. The lowest BCUT2D eigenvalue weighted by atomic mass is 9.95. The molecule has 0 radical (unpaired) electrons. The van der Waals surface area contributed by atoms with Crippen molar-refractivity contribution < 1.29 is 0 Å². The van der Waals surface area contributed by atoms with Crippen LogP contribution < -0.4 is 0 Å². The molecule has 8 heteroatoms. The minimum absolute atomic E-state index is 0.507. The molecule has 8 nitrogen and oxygen atoms in total. The van der Waals surface area contributed by atoms with Gasteiger partial charge >= 0.3 is 0 Å². The van der Waals surface area contributed by atoms with Crippen molar-refractivity contribution in [1.82, 2.24) is 38.8 Å². The summed E-state index contributed by atoms with van der Waals surface area (Å²) in [4.78, 5) is 11.1. The van der Waals surface area contributed by atoms with E-state index in [2.05, 4.69) is 45.8 Å². The zero-order valence-corrected chi connectivity index (χ0v) is 15.8. The van der Waals surface area contributed by atoms with Gasteiger partial charge in [0.1, 0.15) is 11.6 Å². The Morgan fingerprint density at radius 2 is 1.81 bits per heavy atom. The first-order chi connectivity index (χ1) is 13.3. The average molecular weight is 366 g/mol. The van der Waals surface area contributed by atoms with Crippen LogP contribution in [0.15, 0.2) is 31.1 Å². The largest absolute Gasteiger partial charge is 0.337 e. The average Bonchev–Trinajstić information content (AvgIpc) is 3.05. The quantitative estimate of drug-likeness (QED) is 0.667. The molecule has 1 aliphatic heterocycles. The SMILES string of the molecule is Cn1ccnc1CN1CCC(c2nnc(Cn3ccnc3)n2C2CC2)CC1. The topological polar surface area (TPSA) is 69.6 Å². The Bertz CT molecular complexity index is 881. The van der Waals surface area contributed by atoms with Gasteiger partial charge in [0.25, 0.3) is 0 Å². The molecule has 0 aromatic carbocycles. The second-order valence-electron chi connectivity index (χ2n) is 7.82. The van der Waals surface area contributed by atoms with Crippen LogP contribution >= 0.6 is 0 Å². The van der Waals surface area contributed by atoms with Crippen molar-refractivity contribution in [2.24, 2.45) is 7.05 Å². The molecule has 0 N–H and O–H groups in total. The van der Waals surface area contributed by atoms with E-state index in [-0.39, 0.29) is 0 Å². The third-order valence-corrected chi connectivity index (χ3v) is 5.83. The van der Waals surface area contributed by atoms with Gasteiger partial charge in [0.15, 0.2) is 5.82 Å². The molecule has 27 heavy (non-hydrogen) atoms. The zero-order valence-electron chi connectivity index (χ0n) is 15.8. The van der Waals surface area contributed by atoms with E-state index in [1.165, 1.54) is 18.7 Å². The highest BCUT2D eigenvalue weighted by Crippen LogP contribution is 2.40. The summed E-state index contributed by atoms with van der Waals surface area (Å²) < 4.78 is 6.61. The predicted molar refractivity (Wildman–Crippen MR) is 100 cm³/mol. The first-order valence-electron chi connectivity index (χ1n) is 9.86. The van der Waals surface area contributed by atoms with Crippen LogP contribution in [-0.4, -0.2) is 51.9 Å². The Balaban J connectivity index is 1.28. The van der Waals surface area contributed by atoms with Gasteiger partial charge in [-0.2, -0.15) is 0 Å². The number of piperidine rings is 1. The van der Waals surface area contributed by atoms with E-state index in [1.54, 1.807) is 0 Å². The van der Waals surface area contributed by atoms with E-state index in [0.29, 0.717) is 12.0 Å². The van der Waals surface area contributed by atoms with Crippen molar-refractivity contribution in [2.45, 2.75) is 50.7 Å². The number of rotatable bonds is 6. The first kappa shape index (κ1) is 16.7. The Labute approximate surface area is 158 Å². The minimum atomic E-state index is 0.507. The molecular weight excluding hydrogens is 340 g/mol. The van der Waals surface area contributed by atoms with E-state index in [4.69, 9.17) is 0 Å². The molecule has 3 aromatic rings. The summed E-state index contributed by atoms with van der Waals surface area (Å²) >= 11 is 0. The smallest absolute Gasteiger partial charge is 0.153 e. The van der Waals surface area contributed by atoms with Gasteiger partial charge < -0.3 is 13.7 Å². The van der Waals surface area contributed by atoms with E-state index in [1.807, 2.05) is 31.1 Å². The summed E-state index contributed by atoms with van der Waals surface area (Å²) in [5.41, 5.74) is 0. The van der Waals surface area contributed by atoms with Crippen molar-refractivity contribution in [3.8, 4) is 0 Å². The summed E-state index contributed by atoms with van der Waals surface area (Å²) in [6, 6.07) is 0.596. The van der Waals surface area contributed by atoms with Crippen LogP contribution in [0.25, 0.3) is 0 Å². The molecule has 1 saturated carbocycles. The lowest BCUT2D eigenvalue weighted by molar-refractivity contribution is 0.194. The van der Waals surface area contributed by atoms with Crippen molar-refractivity contribution in [3.05, 3.63) is 48.6 Å². The lowest BCUT2D eigenvalue weighted by Crippen LogP contribution is -2.34. The van der Waals surface area contributed by atoms with Crippen molar-refractivity contribution >= 4 is 0 Å². The number of hydrogen-bond acceptors (Lipinski definition) is 5. The molecule has 142 valence electrons. The van der Waals surface area contributed by atoms with Crippen LogP contribution in [0.3, 0.4) is 0 Å². The second-order valence-corrected chi connectivity index (χ2v) is 7.82. The van der Waals surface area contributed by atoms with Gasteiger partial charge in [-0.25, -0.2) is 9.97 Å². The van der Waals surface area contributed by atoms with Crippen LogP contribution in [-0.2, 0) is 20.1 Å². The van der Waals surface area contributed by atoms with E-state index < -0.39 is 0 Å². The summed E-state index contributed by atoms with van der Waals surface area (Å²) in [7, 11) is 2.06. The van der Waals surface area contributed by atoms with E-state index in [9.17, 15) is 0 Å². The van der Waals surface area contributed by atoms with Crippen LogP contribution in [0.4, 0.5) is 0 Å². The highest BCUT2D eigenvalue weighted by molar-refractivity contribution is 5.09. The van der Waals surface area contributed by atoms with Gasteiger partial charge in [-0.05, 0) is 38.8 Å². The van der Waals surface area contributed by atoms with Crippen LogP contribution in [0.2, 0.25) is 0 Å². The van der Waals surface area contributed by atoms with E-state index >= 15 is 0 Å². The molecule has 0 atom stereocenters. The number of imidazole rings is 2. The molecular formula is C19H26N8. The summed E-state index contributed by atoms with van der Waals surface area (Å²) in [6.07, 6.45) is 14.3. The van der Waals surface area contributed by atoms with Crippen molar-refractivity contribution in [3.63, 3.8) is 0 Å². The third-order valence-electron chi connectivity index (χ3n) is 5.83. The molecule has 0 amide bonds. The van der Waals surface area contributed by atoms with Gasteiger partial charge in [-0.1, -0.05) is 0 Å². The van der Waals surface area contributed by atoms with Gasteiger partial charge in [-0.15, -0.1) is 10.2 Å². The molecule has 2 fully saturated rings. The first-order valence-corrected chi connectivity index (χ1v) is 9.86. The zero-order chi connectivity index (χ0) is 18.2. The molecule has 1 saturated heterocycles. The molecule has 0 spiro atoms. The fraction of sp³-hybridized carbons (Fsp3) is 0.579. The fourth-order valence-corrected chi connectivity index (χ4v) is 4.10. The van der Waals surface area contributed by atoms with E-state index in [0.717, 1.165) is 50.7 Å². The number of hydrogen-bond donors (Lipinski definition) is 0. The number of aryl methyl sites for hydroxylation is 1. The Morgan fingerprint density at radius 3 is 2.48 bits per heavy atom. The Morgan fingerprint density at radius 1 is 0.963 bits per heavy atom. The normalized spacial score (nSPS) is 19.0. The van der Waals surface area contributed by atoms with Gasteiger partial charge in [0.2, 0.25) is 0 Å². The highest BCUT2D eigenvalue weighted by atomic mass is 15.3. The Kier molecular flexibility index (Phi) is 4.27. The molecule has 2 aliphatic rings. The summed E-state index contributed by atoms with van der Waals surface area (Å²) in [5, 5.41) is 9.20. The van der Waals surface area contributed by atoms with Gasteiger partial charge in [0.05, 0.1) is 19.4 Å². The van der Waals surface area contributed by atoms with Crippen LogP contribution in [0, 0.1) is 0 Å². The van der Waals surface area contributed by atoms with Crippen LogP contribution in [0.5, 0.6) is 0 Å². The van der Waals surface area contributed by atoms with Crippen molar-refractivity contribution in [1.29, 1.82) is 0 Å². The third kappa shape index (κ3) is 3.41. The highest BCUT2D eigenvalue weighted by Gasteiger charge is 2.33. The molecule has 4 heterocycles. The maximum atomic E-state index is 4.64. The van der Waals surface area contributed by atoms with Crippen LogP contribution in [0.1, 0.15) is 55.1 Å². The summed E-state index contributed by atoms with van der Waals surface area (Å²) in [6.45, 7) is 3.86. The maximum absolute atomic E-state index is 4.64. The maximum Gasteiger partial charge on any atom is 0.153 e. The van der Waals surface area contributed by atoms with Gasteiger partial charge in [-0.3, -0.25) is 4.90 Å². The number of likely N-dealkylation sites (tertiary alicyclic amines) is 1. The summed E-state index contributed by atoms with van der Waals surface area (Å²) in [5.74, 6) is 3.91. The molecule has 0 unspecified atom stereocenters. The second kappa shape index (κ2) is 6.92. The lowest BCUT2D eigenvalue weighted by Gasteiger charge is -2.31. The number of nitrogens with zero attached hydrogens (tertiary/aromatic N) is 8. The monoisotopic (exact) mass is 366 g/mol. The Hall–Kier alpha value is -2.48. The molecule has 3 aromatic heterocycles.